The molecule has 0 aliphatic heterocycles. The summed E-state index contributed by atoms with van der Waals surface area (Å²) in [6, 6.07) is 1.94. The van der Waals surface area contributed by atoms with Gasteiger partial charge in [0.25, 0.3) is 0 Å². The zero-order chi connectivity index (χ0) is 13.3. The van der Waals surface area contributed by atoms with E-state index in [-0.39, 0.29) is 0 Å². The summed E-state index contributed by atoms with van der Waals surface area (Å²) >= 11 is 0. The summed E-state index contributed by atoms with van der Waals surface area (Å²) in [7, 11) is 3.26. The first kappa shape index (κ1) is 12.3. The summed E-state index contributed by atoms with van der Waals surface area (Å²) in [5.41, 5.74) is 9.85. The highest BCUT2D eigenvalue weighted by molar-refractivity contribution is 5.81. The molecular formula is C13H17N3O2. The number of benzene rings is 1. The molecule has 2 aromatic rings. The van der Waals surface area contributed by atoms with Crippen LogP contribution in [0.1, 0.15) is 11.1 Å². The van der Waals surface area contributed by atoms with Crippen molar-refractivity contribution >= 4 is 5.82 Å². The van der Waals surface area contributed by atoms with Crippen molar-refractivity contribution in [1.82, 2.24) is 10.2 Å². The summed E-state index contributed by atoms with van der Waals surface area (Å²) in [6.07, 6.45) is 1.72. The van der Waals surface area contributed by atoms with Crippen LogP contribution in [0.4, 0.5) is 5.82 Å². The fourth-order valence-corrected chi connectivity index (χ4v) is 2.24. The Kier molecular flexibility index (Phi) is 3.14. The minimum absolute atomic E-state index is 0.549. The maximum Gasteiger partial charge on any atom is 0.164 e. The first-order valence-electron chi connectivity index (χ1n) is 5.61. The van der Waals surface area contributed by atoms with Crippen LogP contribution in [0.3, 0.4) is 0 Å². The molecule has 1 aromatic carbocycles. The molecule has 0 fully saturated rings. The number of H-pyrrole nitrogens is 1. The van der Waals surface area contributed by atoms with Crippen LogP contribution in [0.25, 0.3) is 11.1 Å². The molecule has 0 saturated carbocycles. The molecular weight excluding hydrogens is 230 g/mol. The average molecular weight is 247 g/mol. The van der Waals surface area contributed by atoms with Crippen molar-refractivity contribution in [2.24, 2.45) is 0 Å². The Balaban J connectivity index is 2.73. The van der Waals surface area contributed by atoms with Crippen molar-refractivity contribution in [3.8, 4) is 22.6 Å². The number of aromatic nitrogens is 2. The fraction of sp³-hybridized carbons (Fsp3) is 0.308. The summed E-state index contributed by atoms with van der Waals surface area (Å²) < 4.78 is 10.7. The second-order valence-electron chi connectivity index (χ2n) is 4.13. The lowest BCUT2D eigenvalue weighted by Crippen LogP contribution is -1.98. The van der Waals surface area contributed by atoms with Crippen LogP contribution < -0.4 is 15.2 Å². The van der Waals surface area contributed by atoms with E-state index in [1.807, 2.05) is 19.9 Å². The minimum atomic E-state index is 0.549. The summed E-state index contributed by atoms with van der Waals surface area (Å²) in [4.78, 5) is 0. The first-order valence-corrected chi connectivity index (χ1v) is 5.61. The minimum Gasteiger partial charge on any atom is -0.493 e. The molecule has 0 atom stereocenters. The second-order valence-corrected chi connectivity index (χ2v) is 4.13. The highest BCUT2D eigenvalue weighted by Crippen LogP contribution is 2.41. The maximum atomic E-state index is 5.88. The van der Waals surface area contributed by atoms with Crippen molar-refractivity contribution in [2.75, 3.05) is 20.0 Å². The molecule has 2 rings (SSSR count). The summed E-state index contributed by atoms with van der Waals surface area (Å²) in [5, 5.41) is 6.70. The molecule has 18 heavy (non-hydrogen) atoms. The van der Waals surface area contributed by atoms with Gasteiger partial charge < -0.3 is 15.2 Å². The summed E-state index contributed by atoms with van der Waals surface area (Å²) in [5.74, 6) is 1.99. The number of nitrogens with zero attached hydrogens (tertiary/aromatic N) is 1. The van der Waals surface area contributed by atoms with E-state index in [9.17, 15) is 0 Å². The molecule has 0 aliphatic rings. The maximum absolute atomic E-state index is 5.88. The molecule has 1 aromatic heterocycles. The largest absolute Gasteiger partial charge is 0.493 e. The second kappa shape index (κ2) is 4.60. The molecule has 0 unspecified atom stereocenters. The normalized spacial score (nSPS) is 10.4. The predicted molar refractivity (Wildman–Crippen MR) is 71.0 cm³/mol. The average Bonchev–Trinajstić information content (AvgIpc) is 2.75. The van der Waals surface area contributed by atoms with E-state index in [1.54, 1.807) is 20.4 Å². The van der Waals surface area contributed by atoms with Crippen molar-refractivity contribution < 1.29 is 9.47 Å². The van der Waals surface area contributed by atoms with Gasteiger partial charge in [-0.15, -0.1) is 0 Å². The van der Waals surface area contributed by atoms with Gasteiger partial charge in [0.1, 0.15) is 5.82 Å². The molecule has 1 heterocycles. The summed E-state index contributed by atoms with van der Waals surface area (Å²) in [6.45, 7) is 3.99. The van der Waals surface area contributed by atoms with E-state index >= 15 is 0 Å². The Bertz CT molecular complexity index is 576. The van der Waals surface area contributed by atoms with Crippen LogP contribution >= 0.6 is 0 Å². The van der Waals surface area contributed by atoms with Gasteiger partial charge in [-0.2, -0.15) is 5.10 Å². The number of nitrogens with two attached hydrogens (primary N) is 1. The molecule has 96 valence electrons. The lowest BCUT2D eigenvalue weighted by atomic mass is 9.96. The number of nitrogens with one attached hydrogen (secondary N) is 1. The third-order valence-electron chi connectivity index (χ3n) is 3.04. The highest BCUT2D eigenvalue weighted by atomic mass is 16.5. The van der Waals surface area contributed by atoms with Gasteiger partial charge in [-0.1, -0.05) is 0 Å². The lowest BCUT2D eigenvalue weighted by molar-refractivity contribution is 0.353. The van der Waals surface area contributed by atoms with Gasteiger partial charge in [0.2, 0.25) is 0 Å². The van der Waals surface area contributed by atoms with Crippen LogP contribution in [0.15, 0.2) is 12.3 Å². The Morgan fingerprint density at radius 3 is 2.44 bits per heavy atom. The molecule has 0 amide bonds. The fourth-order valence-electron chi connectivity index (χ4n) is 2.24. The van der Waals surface area contributed by atoms with Gasteiger partial charge in [0.15, 0.2) is 11.5 Å². The molecule has 5 nitrogen and oxygen atoms in total. The number of methoxy groups -OCH3 is 2. The van der Waals surface area contributed by atoms with Crippen LogP contribution in [0.5, 0.6) is 11.5 Å². The highest BCUT2D eigenvalue weighted by Gasteiger charge is 2.18. The number of ether oxygens (including phenoxy) is 2. The van der Waals surface area contributed by atoms with Crippen LogP contribution in [-0.4, -0.2) is 24.4 Å². The third-order valence-corrected chi connectivity index (χ3v) is 3.04. The number of hydrogen-bond acceptors (Lipinski definition) is 4. The zero-order valence-electron chi connectivity index (χ0n) is 11.0. The quantitative estimate of drug-likeness (QED) is 0.872. The van der Waals surface area contributed by atoms with Gasteiger partial charge in [-0.25, -0.2) is 0 Å². The molecule has 0 bridgehead atoms. The monoisotopic (exact) mass is 247 g/mol. The molecule has 0 aliphatic carbocycles. The number of hydrogen-bond donors (Lipinski definition) is 2. The topological polar surface area (TPSA) is 73.2 Å². The van der Waals surface area contributed by atoms with E-state index in [4.69, 9.17) is 15.2 Å². The van der Waals surface area contributed by atoms with Crippen molar-refractivity contribution in [2.45, 2.75) is 13.8 Å². The van der Waals surface area contributed by atoms with Gasteiger partial charge in [-0.05, 0) is 31.0 Å². The van der Waals surface area contributed by atoms with Crippen LogP contribution in [0.2, 0.25) is 0 Å². The van der Waals surface area contributed by atoms with Crippen molar-refractivity contribution in [3.05, 3.63) is 23.4 Å². The Hall–Kier alpha value is -2.17. The first-order chi connectivity index (χ1) is 8.60. The molecule has 0 radical (unpaired) electrons. The third kappa shape index (κ3) is 1.77. The smallest absolute Gasteiger partial charge is 0.164 e. The van der Waals surface area contributed by atoms with Gasteiger partial charge in [-0.3, -0.25) is 5.10 Å². The Morgan fingerprint density at radius 1 is 1.22 bits per heavy atom. The van der Waals surface area contributed by atoms with E-state index in [0.717, 1.165) is 33.8 Å². The molecule has 0 spiro atoms. The lowest BCUT2D eigenvalue weighted by Gasteiger charge is -2.16. The van der Waals surface area contributed by atoms with Crippen molar-refractivity contribution in [1.29, 1.82) is 0 Å². The molecule has 3 N–H and O–H groups in total. The van der Waals surface area contributed by atoms with E-state index < -0.39 is 0 Å². The standard InChI is InChI=1S/C13H17N3O2/c1-7-5-10(17-3)12(18-4)8(2)11(7)9-6-15-16-13(9)14/h5-6H,1-4H3,(H3,14,15,16). The number of aryl methyl sites for hydroxylation is 1. The van der Waals surface area contributed by atoms with Gasteiger partial charge in [0, 0.05) is 11.1 Å². The van der Waals surface area contributed by atoms with Crippen LogP contribution in [-0.2, 0) is 0 Å². The van der Waals surface area contributed by atoms with Gasteiger partial charge in [0.05, 0.1) is 20.4 Å². The predicted octanol–water partition coefficient (Wildman–Crippen LogP) is 2.29. The number of nitrogen functional groups attached to an aromatic ring is 1. The van der Waals surface area contributed by atoms with Crippen molar-refractivity contribution in [3.63, 3.8) is 0 Å². The van der Waals surface area contributed by atoms with Gasteiger partial charge >= 0.3 is 0 Å². The Labute approximate surface area is 106 Å². The zero-order valence-corrected chi connectivity index (χ0v) is 11.0. The number of aromatic amines is 1. The van der Waals surface area contributed by atoms with E-state index in [1.165, 1.54) is 0 Å². The molecule has 0 saturated heterocycles. The number of anilines is 1. The van der Waals surface area contributed by atoms with E-state index in [0.29, 0.717) is 5.82 Å². The molecule has 5 heteroatoms. The van der Waals surface area contributed by atoms with E-state index in [2.05, 4.69) is 10.2 Å². The number of rotatable bonds is 3. The SMILES string of the molecule is COc1cc(C)c(-c2cn[nH]c2N)c(C)c1OC. The Morgan fingerprint density at radius 2 is 1.94 bits per heavy atom. The van der Waals surface area contributed by atoms with Crippen LogP contribution in [0, 0.1) is 13.8 Å².